The molecule has 1 amide bonds. The summed E-state index contributed by atoms with van der Waals surface area (Å²) in [6, 6.07) is 0. The van der Waals surface area contributed by atoms with E-state index in [1.54, 1.807) is 0 Å². The number of amides is 1. The molecule has 2 rings (SSSR count). The number of hydrogen-bond donors (Lipinski definition) is 1. The minimum Gasteiger partial charge on any atom is -0.342 e. The van der Waals surface area contributed by atoms with Gasteiger partial charge in [-0.1, -0.05) is 19.3 Å². The van der Waals surface area contributed by atoms with E-state index in [4.69, 9.17) is 5.73 Å². The Balaban J connectivity index is 1.85. The maximum absolute atomic E-state index is 12.1. The van der Waals surface area contributed by atoms with Crippen LogP contribution in [0.3, 0.4) is 0 Å². The van der Waals surface area contributed by atoms with Gasteiger partial charge in [-0.2, -0.15) is 0 Å². The van der Waals surface area contributed by atoms with Crippen molar-refractivity contribution >= 4 is 5.91 Å². The van der Waals surface area contributed by atoms with Crippen molar-refractivity contribution in [2.75, 3.05) is 19.6 Å². The third-order valence-corrected chi connectivity index (χ3v) is 3.89. The maximum Gasteiger partial charge on any atom is 0.225 e. The Labute approximate surface area is 92.0 Å². The minimum atomic E-state index is 0.329. The van der Waals surface area contributed by atoms with Gasteiger partial charge in [0.05, 0.1) is 0 Å². The van der Waals surface area contributed by atoms with Crippen molar-refractivity contribution in [3.63, 3.8) is 0 Å². The van der Waals surface area contributed by atoms with Crippen molar-refractivity contribution < 1.29 is 4.79 Å². The highest BCUT2D eigenvalue weighted by Gasteiger charge is 2.30. The molecule has 0 aromatic carbocycles. The van der Waals surface area contributed by atoms with Crippen molar-refractivity contribution in [1.29, 1.82) is 0 Å². The van der Waals surface area contributed by atoms with E-state index in [2.05, 4.69) is 0 Å². The molecule has 1 aliphatic heterocycles. The highest BCUT2D eigenvalue weighted by atomic mass is 16.2. The first-order chi connectivity index (χ1) is 7.31. The van der Waals surface area contributed by atoms with Gasteiger partial charge in [-0.15, -0.1) is 0 Å². The molecule has 0 aromatic heterocycles. The second kappa shape index (κ2) is 4.97. The Hall–Kier alpha value is -0.570. The lowest BCUT2D eigenvalue weighted by molar-refractivity contribution is -0.135. The average Bonchev–Trinajstić information content (AvgIpc) is 2.78. The number of likely N-dealkylation sites (tertiary alicyclic amines) is 1. The van der Waals surface area contributed by atoms with Crippen LogP contribution in [-0.2, 0) is 4.79 Å². The monoisotopic (exact) mass is 210 g/mol. The fourth-order valence-corrected chi connectivity index (χ4v) is 2.83. The zero-order valence-corrected chi connectivity index (χ0v) is 9.45. The van der Waals surface area contributed by atoms with Gasteiger partial charge in [-0.3, -0.25) is 4.79 Å². The Bertz CT molecular complexity index is 224. The molecule has 1 atom stereocenters. The molecular weight excluding hydrogens is 188 g/mol. The number of rotatable bonds is 2. The molecule has 15 heavy (non-hydrogen) atoms. The van der Waals surface area contributed by atoms with Gasteiger partial charge < -0.3 is 10.6 Å². The van der Waals surface area contributed by atoms with Crippen LogP contribution in [0.4, 0.5) is 0 Å². The number of carbonyl (C=O) groups excluding carboxylic acids is 1. The first-order valence-electron chi connectivity index (χ1n) is 6.30. The van der Waals surface area contributed by atoms with Gasteiger partial charge in [0.2, 0.25) is 5.91 Å². The fourth-order valence-electron chi connectivity index (χ4n) is 2.83. The van der Waals surface area contributed by atoms with E-state index in [0.29, 0.717) is 17.7 Å². The standard InChI is InChI=1S/C12H22N2O/c13-8-10-6-7-14(9-10)12(15)11-4-2-1-3-5-11/h10-11H,1-9,13H2. The summed E-state index contributed by atoms with van der Waals surface area (Å²) in [7, 11) is 0. The van der Waals surface area contributed by atoms with Crippen LogP contribution in [0.1, 0.15) is 38.5 Å². The average molecular weight is 210 g/mol. The molecule has 1 unspecified atom stereocenters. The summed E-state index contributed by atoms with van der Waals surface area (Å²) in [5.41, 5.74) is 5.64. The van der Waals surface area contributed by atoms with E-state index < -0.39 is 0 Å². The third-order valence-electron chi connectivity index (χ3n) is 3.89. The number of hydrogen-bond acceptors (Lipinski definition) is 2. The summed E-state index contributed by atoms with van der Waals surface area (Å²) in [4.78, 5) is 14.2. The highest BCUT2D eigenvalue weighted by molar-refractivity contribution is 5.79. The lowest BCUT2D eigenvalue weighted by Gasteiger charge is -2.26. The van der Waals surface area contributed by atoms with E-state index in [9.17, 15) is 4.79 Å². The van der Waals surface area contributed by atoms with Crippen molar-refractivity contribution in [1.82, 2.24) is 4.90 Å². The summed E-state index contributed by atoms with van der Waals surface area (Å²) in [5, 5.41) is 0. The third kappa shape index (κ3) is 2.51. The van der Waals surface area contributed by atoms with Gasteiger partial charge in [-0.25, -0.2) is 0 Å². The normalized spacial score (nSPS) is 28.3. The summed E-state index contributed by atoms with van der Waals surface area (Å²) in [6.07, 6.45) is 7.13. The summed E-state index contributed by atoms with van der Waals surface area (Å²) in [5.74, 6) is 1.29. The van der Waals surface area contributed by atoms with Crippen molar-refractivity contribution in [2.24, 2.45) is 17.6 Å². The lowest BCUT2D eigenvalue weighted by Crippen LogP contribution is -2.35. The molecule has 1 heterocycles. The van der Waals surface area contributed by atoms with Crippen LogP contribution in [-0.4, -0.2) is 30.4 Å². The molecule has 0 radical (unpaired) electrons. The fraction of sp³-hybridized carbons (Fsp3) is 0.917. The first-order valence-corrected chi connectivity index (χ1v) is 6.30. The van der Waals surface area contributed by atoms with Crippen LogP contribution in [0.25, 0.3) is 0 Å². The Morgan fingerprint density at radius 2 is 1.93 bits per heavy atom. The first kappa shape index (κ1) is 10.9. The second-order valence-electron chi connectivity index (χ2n) is 5.01. The number of carbonyl (C=O) groups is 1. The predicted molar refractivity (Wildman–Crippen MR) is 60.3 cm³/mol. The largest absolute Gasteiger partial charge is 0.342 e. The van der Waals surface area contributed by atoms with Gasteiger partial charge in [0.15, 0.2) is 0 Å². The molecule has 2 N–H and O–H groups in total. The van der Waals surface area contributed by atoms with E-state index in [1.165, 1.54) is 19.3 Å². The summed E-state index contributed by atoms with van der Waals surface area (Å²) >= 11 is 0. The molecule has 1 saturated carbocycles. The van der Waals surface area contributed by atoms with Crippen LogP contribution >= 0.6 is 0 Å². The summed E-state index contributed by atoms with van der Waals surface area (Å²) in [6.45, 7) is 2.58. The smallest absolute Gasteiger partial charge is 0.225 e. The molecule has 0 aromatic rings. The summed E-state index contributed by atoms with van der Waals surface area (Å²) < 4.78 is 0. The number of nitrogens with two attached hydrogens (primary N) is 1. The van der Waals surface area contributed by atoms with Crippen molar-refractivity contribution in [2.45, 2.75) is 38.5 Å². The quantitative estimate of drug-likeness (QED) is 0.748. The van der Waals surface area contributed by atoms with Gasteiger partial charge in [-0.05, 0) is 31.7 Å². The van der Waals surface area contributed by atoms with E-state index in [0.717, 1.165) is 38.9 Å². The van der Waals surface area contributed by atoms with E-state index in [1.807, 2.05) is 4.90 Å². The van der Waals surface area contributed by atoms with Crippen LogP contribution in [0, 0.1) is 11.8 Å². The number of nitrogens with zero attached hydrogens (tertiary/aromatic N) is 1. The van der Waals surface area contributed by atoms with Crippen LogP contribution in [0.5, 0.6) is 0 Å². The zero-order valence-electron chi connectivity index (χ0n) is 9.45. The molecule has 3 nitrogen and oxygen atoms in total. The van der Waals surface area contributed by atoms with Gasteiger partial charge in [0.1, 0.15) is 0 Å². The molecule has 1 saturated heterocycles. The topological polar surface area (TPSA) is 46.3 Å². The van der Waals surface area contributed by atoms with E-state index >= 15 is 0 Å². The Morgan fingerprint density at radius 1 is 1.20 bits per heavy atom. The Morgan fingerprint density at radius 3 is 2.53 bits per heavy atom. The Kier molecular flexibility index (Phi) is 3.62. The van der Waals surface area contributed by atoms with Gasteiger partial charge in [0.25, 0.3) is 0 Å². The molecule has 2 aliphatic rings. The SMILES string of the molecule is NCC1CCN(C(=O)C2CCCCC2)C1. The van der Waals surface area contributed by atoms with Gasteiger partial charge in [0, 0.05) is 19.0 Å². The predicted octanol–water partition coefficient (Wildman–Crippen LogP) is 1.37. The zero-order chi connectivity index (χ0) is 10.7. The minimum absolute atomic E-state index is 0.329. The van der Waals surface area contributed by atoms with Crippen LogP contribution in [0.15, 0.2) is 0 Å². The van der Waals surface area contributed by atoms with Gasteiger partial charge >= 0.3 is 0 Å². The molecule has 2 fully saturated rings. The van der Waals surface area contributed by atoms with Crippen molar-refractivity contribution in [3.8, 4) is 0 Å². The maximum atomic E-state index is 12.1. The molecule has 86 valence electrons. The highest BCUT2D eigenvalue weighted by Crippen LogP contribution is 2.27. The second-order valence-corrected chi connectivity index (χ2v) is 5.01. The lowest BCUT2D eigenvalue weighted by atomic mass is 9.88. The molecular formula is C12H22N2O. The molecule has 3 heteroatoms. The van der Waals surface area contributed by atoms with E-state index in [-0.39, 0.29) is 0 Å². The van der Waals surface area contributed by atoms with Crippen LogP contribution < -0.4 is 5.73 Å². The molecule has 1 aliphatic carbocycles. The van der Waals surface area contributed by atoms with Crippen molar-refractivity contribution in [3.05, 3.63) is 0 Å². The molecule has 0 spiro atoms. The van der Waals surface area contributed by atoms with Crippen LogP contribution in [0.2, 0.25) is 0 Å². The molecule has 0 bridgehead atoms.